The van der Waals surface area contributed by atoms with E-state index in [2.05, 4.69) is 20.9 Å². The Morgan fingerprint density at radius 1 is 1.65 bits per heavy atom. The molecule has 0 aliphatic carbocycles. The standard InChI is InChI=1S/C12H15BrN2O2/c1-8-4-5-15(11(8)12(16)17)7-10-3-2-9(13)6-14-10/h2-3,6,8,11H,4-5,7H2,1H3,(H,16,17). The Kier molecular flexibility index (Phi) is 3.79. The second-order valence-corrected chi connectivity index (χ2v) is 5.40. The second-order valence-electron chi connectivity index (χ2n) is 4.49. The van der Waals surface area contributed by atoms with Crippen molar-refractivity contribution in [2.75, 3.05) is 6.54 Å². The number of likely N-dealkylation sites (tertiary alicyclic amines) is 1. The molecule has 0 bridgehead atoms. The lowest BCUT2D eigenvalue weighted by Gasteiger charge is -2.22. The van der Waals surface area contributed by atoms with E-state index in [0.29, 0.717) is 6.54 Å². The number of aliphatic carboxylic acids is 1. The van der Waals surface area contributed by atoms with Gasteiger partial charge in [0, 0.05) is 17.2 Å². The predicted octanol–water partition coefficient (Wildman–Crippen LogP) is 2.14. The number of carboxylic acid groups (broad SMARTS) is 1. The van der Waals surface area contributed by atoms with Crippen molar-refractivity contribution >= 4 is 21.9 Å². The van der Waals surface area contributed by atoms with Crippen LogP contribution in [0.3, 0.4) is 0 Å². The minimum Gasteiger partial charge on any atom is -0.480 e. The Morgan fingerprint density at radius 2 is 2.41 bits per heavy atom. The van der Waals surface area contributed by atoms with Crippen LogP contribution in [-0.4, -0.2) is 33.5 Å². The zero-order chi connectivity index (χ0) is 12.4. The Labute approximate surface area is 109 Å². The van der Waals surface area contributed by atoms with E-state index < -0.39 is 5.97 Å². The summed E-state index contributed by atoms with van der Waals surface area (Å²) in [5.41, 5.74) is 0.911. The van der Waals surface area contributed by atoms with Crippen LogP contribution < -0.4 is 0 Å². The molecule has 1 N–H and O–H groups in total. The zero-order valence-electron chi connectivity index (χ0n) is 9.64. The fourth-order valence-electron chi connectivity index (χ4n) is 2.31. The van der Waals surface area contributed by atoms with Crippen LogP contribution in [0.4, 0.5) is 0 Å². The van der Waals surface area contributed by atoms with Gasteiger partial charge in [-0.15, -0.1) is 0 Å². The van der Waals surface area contributed by atoms with Gasteiger partial charge in [-0.2, -0.15) is 0 Å². The average Bonchev–Trinajstić information content (AvgIpc) is 2.63. The molecule has 0 aromatic carbocycles. The fourth-order valence-corrected chi connectivity index (χ4v) is 2.55. The smallest absolute Gasteiger partial charge is 0.321 e. The number of hydrogen-bond acceptors (Lipinski definition) is 3. The van der Waals surface area contributed by atoms with Crippen molar-refractivity contribution in [3.05, 3.63) is 28.5 Å². The van der Waals surface area contributed by atoms with E-state index in [1.54, 1.807) is 6.20 Å². The Hall–Kier alpha value is -0.940. The lowest BCUT2D eigenvalue weighted by atomic mass is 10.0. The predicted molar refractivity (Wildman–Crippen MR) is 67.6 cm³/mol. The molecule has 5 heteroatoms. The molecule has 0 spiro atoms. The minimum atomic E-state index is -0.730. The van der Waals surface area contributed by atoms with E-state index in [-0.39, 0.29) is 12.0 Å². The highest BCUT2D eigenvalue weighted by atomic mass is 79.9. The van der Waals surface area contributed by atoms with Gasteiger partial charge >= 0.3 is 5.97 Å². The summed E-state index contributed by atoms with van der Waals surface area (Å²) in [5, 5.41) is 9.21. The molecular weight excluding hydrogens is 284 g/mol. The summed E-state index contributed by atoms with van der Waals surface area (Å²) in [6.45, 7) is 3.43. The molecule has 2 heterocycles. The molecule has 1 saturated heterocycles. The van der Waals surface area contributed by atoms with Crippen LogP contribution in [0.2, 0.25) is 0 Å². The topological polar surface area (TPSA) is 53.4 Å². The SMILES string of the molecule is CC1CCN(Cc2ccc(Br)cn2)C1C(=O)O. The third-order valence-electron chi connectivity index (χ3n) is 3.21. The van der Waals surface area contributed by atoms with Crippen molar-refractivity contribution in [1.82, 2.24) is 9.88 Å². The van der Waals surface area contributed by atoms with Crippen molar-refractivity contribution in [2.45, 2.75) is 25.9 Å². The van der Waals surface area contributed by atoms with Gasteiger partial charge in [0.2, 0.25) is 0 Å². The molecule has 0 saturated carbocycles. The zero-order valence-corrected chi connectivity index (χ0v) is 11.2. The quantitative estimate of drug-likeness (QED) is 0.929. The highest BCUT2D eigenvalue weighted by molar-refractivity contribution is 9.10. The first kappa shape index (κ1) is 12.5. The first-order chi connectivity index (χ1) is 8.08. The maximum absolute atomic E-state index is 11.2. The normalized spacial score (nSPS) is 25.1. The van der Waals surface area contributed by atoms with Gasteiger partial charge in [-0.25, -0.2) is 0 Å². The summed E-state index contributed by atoms with van der Waals surface area (Å²) < 4.78 is 0.936. The number of carboxylic acids is 1. The van der Waals surface area contributed by atoms with Crippen molar-refractivity contribution < 1.29 is 9.90 Å². The summed E-state index contributed by atoms with van der Waals surface area (Å²) in [6, 6.07) is 3.48. The van der Waals surface area contributed by atoms with Crippen molar-refractivity contribution in [3.8, 4) is 0 Å². The molecule has 1 fully saturated rings. The summed E-state index contributed by atoms with van der Waals surface area (Å²) >= 11 is 3.33. The molecular formula is C12H15BrN2O2. The summed E-state index contributed by atoms with van der Waals surface area (Å²) in [4.78, 5) is 17.5. The molecule has 1 aliphatic rings. The maximum Gasteiger partial charge on any atom is 0.321 e. The monoisotopic (exact) mass is 298 g/mol. The van der Waals surface area contributed by atoms with Crippen LogP contribution in [-0.2, 0) is 11.3 Å². The number of carbonyl (C=O) groups is 1. The largest absolute Gasteiger partial charge is 0.480 e. The Balaban J connectivity index is 2.08. The van der Waals surface area contributed by atoms with Crippen LogP contribution >= 0.6 is 15.9 Å². The molecule has 2 rings (SSSR count). The molecule has 1 aromatic rings. The molecule has 17 heavy (non-hydrogen) atoms. The number of pyridine rings is 1. The average molecular weight is 299 g/mol. The van der Waals surface area contributed by atoms with E-state index in [1.165, 1.54) is 0 Å². The van der Waals surface area contributed by atoms with Crippen molar-refractivity contribution in [2.24, 2.45) is 5.92 Å². The number of rotatable bonds is 3. The van der Waals surface area contributed by atoms with Gasteiger partial charge < -0.3 is 5.11 Å². The molecule has 92 valence electrons. The van der Waals surface area contributed by atoms with Gasteiger partial charge in [-0.3, -0.25) is 14.7 Å². The van der Waals surface area contributed by atoms with Crippen molar-refractivity contribution in [3.63, 3.8) is 0 Å². The van der Waals surface area contributed by atoms with Gasteiger partial charge in [0.05, 0.1) is 5.69 Å². The fraction of sp³-hybridized carbons (Fsp3) is 0.500. The first-order valence-corrected chi connectivity index (χ1v) is 6.44. The van der Waals surface area contributed by atoms with E-state index >= 15 is 0 Å². The lowest BCUT2D eigenvalue weighted by molar-refractivity contribution is -0.143. The van der Waals surface area contributed by atoms with Crippen LogP contribution in [0.1, 0.15) is 19.0 Å². The molecule has 2 atom stereocenters. The van der Waals surface area contributed by atoms with Crippen molar-refractivity contribution in [1.29, 1.82) is 0 Å². The van der Waals surface area contributed by atoms with E-state index in [9.17, 15) is 9.90 Å². The number of hydrogen-bond donors (Lipinski definition) is 1. The number of nitrogens with zero attached hydrogens (tertiary/aromatic N) is 2. The first-order valence-electron chi connectivity index (χ1n) is 5.65. The summed E-state index contributed by atoms with van der Waals surface area (Å²) in [6.07, 6.45) is 2.68. The van der Waals surface area contributed by atoms with Crippen LogP contribution in [0.15, 0.2) is 22.8 Å². The molecule has 0 amide bonds. The van der Waals surface area contributed by atoms with Crippen LogP contribution in [0.25, 0.3) is 0 Å². The maximum atomic E-state index is 11.2. The molecule has 4 nitrogen and oxygen atoms in total. The van der Waals surface area contributed by atoms with E-state index in [4.69, 9.17) is 0 Å². The van der Waals surface area contributed by atoms with E-state index in [0.717, 1.165) is 23.1 Å². The number of halogens is 1. The van der Waals surface area contributed by atoms with Gasteiger partial charge in [-0.05, 0) is 46.9 Å². The van der Waals surface area contributed by atoms with Gasteiger partial charge in [0.25, 0.3) is 0 Å². The molecule has 1 aromatic heterocycles. The van der Waals surface area contributed by atoms with Gasteiger partial charge in [0.1, 0.15) is 6.04 Å². The number of aromatic nitrogens is 1. The third-order valence-corrected chi connectivity index (χ3v) is 3.68. The van der Waals surface area contributed by atoms with Crippen LogP contribution in [0.5, 0.6) is 0 Å². The Bertz CT molecular complexity index is 407. The summed E-state index contributed by atoms with van der Waals surface area (Å²) in [7, 11) is 0. The lowest BCUT2D eigenvalue weighted by Crippen LogP contribution is -2.38. The molecule has 0 radical (unpaired) electrons. The molecule has 2 unspecified atom stereocenters. The van der Waals surface area contributed by atoms with Gasteiger partial charge in [0.15, 0.2) is 0 Å². The second kappa shape index (κ2) is 5.14. The highest BCUT2D eigenvalue weighted by Gasteiger charge is 2.36. The van der Waals surface area contributed by atoms with Gasteiger partial charge in [-0.1, -0.05) is 6.92 Å². The summed E-state index contributed by atoms with van der Waals surface area (Å²) in [5.74, 6) is -0.518. The molecule has 1 aliphatic heterocycles. The van der Waals surface area contributed by atoms with E-state index in [1.807, 2.05) is 24.0 Å². The van der Waals surface area contributed by atoms with Crippen LogP contribution in [0, 0.1) is 5.92 Å². The third kappa shape index (κ3) is 2.84. The Morgan fingerprint density at radius 3 is 3.00 bits per heavy atom. The highest BCUT2D eigenvalue weighted by Crippen LogP contribution is 2.25. The minimum absolute atomic E-state index is 0.211.